The Morgan fingerprint density at radius 2 is 1.28 bits per heavy atom. The highest BCUT2D eigenvalue weighted by molar-refractivity contribution is 5.87. The third-order valence-electron chi connectivity index (χ3n) is 2.44. The van der Waals surface area contributed by atoms with E-state index in [0.29, 0.717) is 5.57 Å². The number of rotatable bonds is 6. The molecule has 1 rings (SSSR count). The van der Waals surface area contributed by atoms with Crippen molar-refractivity contribution >= 4 is 24.0 Å². The molecule has 29 heavy (non-hydrogen) atoms. The Hall–Kier alpha value is -3.45. The number of benzene rings is 1. The number of aliphatic hydroxyl groups is 1. The second-order valence-corrected chi connectivity index (χ2v) is 5.43. The van der Waals surface area contributed by atoms with Gasteiger partial charge in [0.1, 0.15) is 6.61 Å². The molecule has 0 saturated heterocycles. The molecule has 160 valence electrons. The summed E-state index contributed by atoms with van der Waals surface area (Å²) in [7, 11) is 0. The van der Waals surface area contributed by atoms with E-state index in [2.05, 4.69) is 31.1 Å². The molecule has 0 aliphatic carbocycles. The van der Waals surface area contributed by atoms with Crippen LogP contribution in [0.25, 0.3) is 6.08 Å². The van der Waals surface area contributed by atoms with Crippen LogP contribution in [0.1, 0.15) is 26.3 Å². The Balaban J connectivity index is -0.000000316. The van der Waals surface area contributed by atoms with Crippen LogP contribution >= 0.6 is 0 Å². The lowest BCUT2D eigenvalue weighted by molar-refractivity contribution is -0.140. The van der Waals surface area contributed by atoms with Crippen molar-refractivity contribution in [2.75, 3.05) is 13.2 Å². The molecule has 3 N–H and O–H groups in total. The highest BCUT2D eigenvalue weighted by Crippen LogP contribution is 1.97. The average Bonchev–Trinajstić information content (AvgIpc) is 2.67. The third kappa shape index (κ3) is 24.6. The lowest BCUT2D eigenvalue weighted by Gasteiger charge is -1.99. The summed E-state index contributed by atoms with van der Waals surface area (Å²) in [4.78, 5) is 29.7. The Morgan fingerprint density at radius 3 is 1.48 bits per heavy atom. The number of carbonyl (C=O) groups is 3. The first-order valence-electron chi connectivity index (χ1n) is 8.29. The highest BCUT2D eigenvalue weighted by Gasteiger charge is 1.99. The second kappa shape index (κ2) is 19.3. The lowest BCUT2D eigenvalue weighted by Crippen LogP contribution is -2.08. The van der Waals surface area contributed by atoms with Gasteiger partial charge in [0.05, 0.1) is 6.61 Å². The quantitative estimate of drug-likeness (QED) is 0.486. The van der Waals surface area contributed by atoms with Crippen molar-refractivity contribution in [2.45, 2.75) is 20.8 Å². The minimum atomic E-state index is -0.935. The summed E-state index contributed by atoms with van der Waals surface area (Å²) in [5, 5.41) is 24.0. The van der Waals surface area contributed by atoms with Gasteiger partial charge in [-0.3, -0.25) is 0 Å². The molecule has 0 fully saturated rings. The SMILES string of the molecule is C=C(C)C(=O)O.C=C(C)C(=O)O.C=C(C)C(=O)OCCO.C=Cc1ccccc1. The largest absolute Gasteiger partial charge is 0.478 e. The summed E-state index contributed by atoms with van der Waals surface area (Å²) >= 11 is 0. The number of carbonyl (C=O) groups excluding carboxylic acids is 1. The molecule has 0 amide bonds. The van der Waals surface area contributed by atoms with Crippen LogP contribution in [-0.2, 0) is 19.1 Å². The van der Waals surface area contributed by atoms with Gasteiger partial charge in [0, 0.05) is 16.7 Å². The van der Waals surface area contributed by atoms with Gasteiger partial charge in [-0.1, -0.05) is 62.7 Å². The first-order valence-corrected chi connectivity index (χ1v) is 8.29. The van der Waals surface area contributed by atoms with Crippen molar-refractivity contribution in [3.05, 3.63) is 78.9 Å². The summed E-state index contributed by atoms with van der Waals surface area (Å²) in [6.07, 6.45) is 1.83. The molecule has 1 aromatic carbocycles. The molecule has 0 spiro atoms. The van der Waals surface area contributed by atoms with E-state index in [-0.39, 0.29) is 24.4 Å². The van der Waals surface area contributed by atoms with Crippen molar-refractivity contribution in [3.8, 4) is 0 Å². The van der Waals surface area contributed by atoms with Gasteiger partial charge in [0.15, 0.2) is 0 Å². The van der Waals surface area contributed by atoms with Gasteiger partial charge in [-0.25, -0.2) is 14.4 Å². The number of aliphatic carboxylic acids is 2. The van der Waals surface area contributed by atoms with Crippen molar-refractivity contribution in [1.29, 1.82) is 0 Å². The van der Waals surface area contributed by atoms with Gasteiger partial charge in [-0.05, 0) is 26.3 Å². The molecule has 0 radical (unpaired) electrons. The van der Waals surface area contributed by atoms with E-state index in [0.717, 1.165) is 0 Å². The fourth-order valence-corrected chi connectivity index (χ4v) is 0.851. The number of hydrogen-bond donors (Lipinski definition) is 3. The molecule has 7 nitrogen and oxygen atoms in total. The first kappa shape index (κ1) is 30.3. The van der Waals surface area contributed by atoms with Crippen LogP contribution in [0.15, 0.2) is 73.4 Å². The zero-order chi connectivity index (χ0) is 23.4. The molecule has 0 aromatic heterocycles. The number of esters is 1. The summed E-state index contributed by atoms with van der Waals surface area (Å²) in [6, 6.07) is 10.0. The van der Waals surface area contributed by atoms with Crippen molar-refractivity contribution in [1.82, 2.24) is 0 Å². The summed E-state index contributed by atoms with van der Waals surface area (Å²) in [5.74, 6) is -2.32. The number of ether oxygens (including phenoxy) is 1. The predicted molar refractivity (Wildman–Crippen MR) is 114 cm³/mol. The summed E-state index contributed by atoms with van der Waals surface area (Å²) in [6.45, 7) is 17.6. The molecule has 0 aliphatic heterocycles. The van der Waals surface area contributed by atoms with E-state index in [1.165, 1.54) is 19.4 Å². The van der Waals surface area contributed by atoms with Crippen LogP contribution in [0.4, 0.5) is 0 Å². The Kier molecular flexibility index (Phi) is 20.2. The van der Waals surface area contributed by atoms with Crippen LogP contribution in [0.3, 0.4) is 0 Å². The van der Waals surface area contributed by atoms with Crippen LogP contribution < -0.4 is 0 Å². The van der Waals surface area contributed by atoms with Gasteiger partial charge in [0.2, 0.25) is 0 Å². The average molecular weight is 406 g/mol. The van der Waals surface area contributed by atoms with E-state index in [9.17, 15) is 14.4 Å². The van der Waals surface area contributed by atoms with Crippen LogP contribution in [0.5, 0.6) is 0 Å². The number of aliphatic hydroxyl groups excluding tert-OH is 1. The Morgan fingerprint density at radius 1 is 0.897 bits per heavy atom. The monoisotopic (exact) mass is 406 g/mol. The maximum absolute atomic E-state index is 10.5. The molecule has 1 aromatic rings. The number of carboxylic acids is 2. The fraction of sp³-hybridized carbons (Fsp3) is 0.227. The topological polar surface area (TPSA) is 121 Å². The fourth-order valence-electron chi connectivity index (χ4n) is 0.851. The summed E-state index contributed by atoms with van der Waals surface area (Å²) < 4.78 is 4.46. The minimum Gasteiger partial charge on any atom is -0.478 e. The van der Waals surface area contributed by atoms with E-state index in [4.69, 9.17) is 15.3 Å². The maximum Gasteiger partial charge on any atom is 0.333 e. The number of carboxylic acid groups (broad SMARTS) is 2. The van der Waals surface area contributed by atoms with Gasteiger partial charge < -0.3 is 20.1 Å². The molecule has 0 bridgehead atoms. The lowest BCUT2D eigenvalue weighted by atomic mass is 10.2. The van der Waals surface area contributed by atoms with Gasteiger partial charge in [0.25, 0.3) is 0 Å². The van der Waals surface area contributed by atoms with Crippen molar-refractivity contribution < 1.29 is 34.4 Å². The zero-order valence-electron chi connectivity index (χ0n) is 17.2. The smallest absolute Gasteiger partial charge is 0.333 e. The van der Waals surface area contributed by atoms with E-state index in [1.54, 1.807) is 6.92 Å². The molecule has 7 heteroatoms. The highest BCUT2D eigenvalue weighted by atomic mass is 16.5. The van der Waals surface area contributed by atoms with Gasteiger partial charge in [-0.2, -0.15) is 0 Å². The Labute approximate surface area is 172 Å². The molecular weight excluding hydrogens is 376 g/mol. The van der Waals surface area contributed by atoms with Gasteiger partial charge >= 0.3 is 17.9 Å². The van der Waals surface area contributed by atoms with Crippen molar-refractivity contribution in [2.24, 2.45) is 0 Å². The van der Waals surface area contributed by atoms with E-state index >= 15 is 0 Å². The maximum atomic E-state index is 10.5. The molecule has 0 unspecified atom stereocenters. The standard InChI is InChI=1S/C8H8.C6H10O3.2C4H6O2/c1-2-8-6-4-3-5-7-8;1-5(2)6(8)9-4-3-7;2*1-3(2)4(5)6/h2-7H,1H2;7H,1,3-4H2,2H3;2*1H2,2H3,(H,5,6). The normalized spacial score (nSPS) is 8.14. The van der Waals surface area contributed by atoms with Crippen LogP contribution in [0.2, 0.25) is 0 Å². The molecular formula is C22H30O7. The van der Waals surface area contributed by atoms with Crippen LogP contribution in [0, 0.1) is 0 Å². The van der Waals surface area contributed by atoms with Gasteiger partial charge in [-0.15, -0.1) is 0 Å². The van der Waals surface area contributed by atoms with Crippen molar-refractivity contribution in [3.63, 3.8) is 0 Å². The third-order valence-corrected chi connectivity index (χ3v) is 2.44. The zero-order valence-corrected chi connectivity index (χ0v) is 17.2. The molecule has 0 atom stereocenters. The number of hydrogen-bond acceptors (Lipinski definition) is 5. The first-order chi connectivity index (χ1) is 13.4. The predicted octanol–water partition coefficient (Wildman–Crippen LogP) is 3.72. The van der Waals surface area contributed by atoms with Crippen LogP contribution in [-0.4, -0.2) is 46.4 Å². The molecule has 0 saturated carbocycles. The van der Waals surface area contributed by atoms with E-state index < -0.39 is 17.9 Å². The minimum absolute atomic E-state index is 0.0473. The van der Waals surface area contributed by atoms with E-state index in [1.807, 2.05) is 36.4 Å². The molecule has 0 aliphatic rings. The Bertz CT molecular complexity index is 640. The molecule has 0 heterocycles. The second-order valence-electron chi connectivity index (χ2n) is 5.43. The summed E-state index contributed by atoms with van der Waals surface area (Å²) in [5.41, 5.74) is 1.88.